The van der Waals surface area contributed by atoms with Crippen molar-refractivity contribution in [1.29, 1.82) is 0 Å². The molecule has 0 atom stereocenters. The number of ether oxygens (including phenoxy) is 1. The smallest absolute Gasteiger partial charge is 0.0968 e. The Bertz CT molecular complexity index is 584. The third-order valence-corrected chi connectivity index (χ3v) is 3.64. The maximum atomic E-state index is 6.07. The fraction of sp³-hybridized carbons (Fsp3) is 0.357. The van der Waals surface area contributed by atoms with Crippen LogP contribution in [0.5, 0.6) is 0 Å². The summed E-state index contributed by atoms with van der Waals surface area (Å²) in [7, 11) is 3.59. The van der Waals surface area contributed by atoms with E-state index in [2.05, 4.69) is 10.4 Å². The van der Waals surface area contributed by atoms with Crippen molar-refractivity contribution in [1.82, 2.24) is 15.1 Å². The van der Waals surface area contributed by atoms with E-state index < -0.39 is 0 Å². The van der Waals surface area contributed by atoms with E-state index in [4.69, 9.17) is 27.9 Å². The number of aromatic nitrogens is 2. The van der Waals surface area contributed by atoms with Crippen LogP contribution in [0.3, 0.4) is 0 Å². The largest absolute Gasteiger partial charge is 0.383 e. The van der Waals surface area contributed by atoms with Gasteiger partial charge < -0.3 is 10.1 Å². The van der Waals surface area contributed by atoms with Crippen LogP contribution in [0.1, 0.15) is 5.56 Å². The topological polar surface area (TPSA) is 39.1 Å². The number of aryl methyl sites for hydroxylation is 1. The lowest BCUT2D eigenvalue weighted by molar-refractivity contribution is 0.199. The minimum absolute atomic E-state index is 0.535. The molecule has 1 N–H and O–H groups in total. The Morgan fingerprint density at radius 2 is 2.10 bits per heavy atom. The lowest BCUT2D eigenvalue weighted by Crippen LogP contribution is -2.18. The summed E-state index contributed by atoms with van der Waals surface area (Å²) in [5.41, 5.74) is 2.99. The Balaban J connectivity index is 2.20. The van der Waals surface area contributed by atoms with Crippen LogP contribution in [0.4, 0.5) is 0 Å². The van der Waals surface area contributed by atoms with E-state index in [1.54, 1.807) is 17.9 Å². The van der Waals surface area contributed by atoms with Gasteiger partial charge in [0.25, 0.3) is 0 Å². The molecule has 0 spiro atoms. The predicted molar refractivity (Wildman–Crippen MR) is 82.2 cm³/mol. The lowest BCUT2D eigenvalue weighted by Gasteiger charge is -2.05. The third-order valence-electron chi connectivity index (χ3n) is 2.90. The summed E-state index contributed by atoms with van der Waals surface area (Å²) in [6.45, 7) is 2.21. The van der Waals surface area contributed by atoms with Gasteiger partial charge in [-0.1, -0.05) is 29.3 Å². The molecule has 0 aliphatic heterocycles. The van der Waals surface area contributed by atoms with Crippen molar-refractivity contribution >= 4 is 23.2 Å². The van der Waals surface area contributed by atoms with Crippen LogP contribution < -0.4 is 5.32 Å². The van der Waals surface area contributed by atoms with Gasteiger partial charge in [0.2, 0.25) is 0 Å². The zero-order chi connectivity index (χ0) is 14.5. The van der Waals surface area contributed by atoms with Crippen molar-refractivity contribution in [3.63, 3.8) is 0 Å². The van der Waals surface area contributed by atoms with Crippen molar-refractivity contribution in [3.8, 4) is 11.3 Å². The van der Waals surface area contributed by atoms with Crippen molar-refractivity contribution in [2.75, 3.05) is 20.3 Å². The molecule has 0 aliphatic rings. The number of nitrogens with one attached hydrogen (secondary N) is 1. The van der Waals surface area contributed by atoms with Crippen LogP contribution in [-0.4, -0.2) is 30.0 Å². The number of methoxy groups -OCH3 is 1. The highest BCUT2D eigenvalue weighted by Gasteiger charge is 2.11. The van der Waals surface area contributed by atoms with Crippen LogP contribution >= 0.6 is 23.2 Å². The van der Waals surface area contributed by atoms with E-state index >= 15 is 0 Å². The second kappa shape index (κ2) is 7.09. The SMILES string of the molecule is COCCNCc1cn(C)nc1-c1ccc(Cl)c(Cl)c1. The monoisotopic (exact) mass is 313 g/mol. The molecule has 4 nitrogen and oxygen atoms in total. The average molecular weight is 314 g/mol. The first-order valence-electron chi connectivity index (χ1n) is 6.29. The number of nitrogens with zero attached hydrogens (tertiary/aromatic N) is 2. The van der Waals surface area contributed by atoms with Crippen molar-refractivity contribution < 1.29 is 4.74 Å². The molecular formula is C14H17Cl2N3O. The Kier molecular flexibility index (Phi) is 5.43. The molecule has 20 heavy (non-hydrogen) atoms. The molecule has 2 aromatic rings. The van der Waals surface area contributed by atoms with E-state index in [0.29, 0.717) is 16.7 Å². The van der Waals surface area contributed by atoms with Gasteiger partial charge in [-0.25, -0.2) is 0 Å². The highest BCUT2D eigenvalue weighted by molar-refractivity contribution is 6.42. The zero-order valence-corrected chi connectivity index (χ0v) is 13.0. The van der Waals surface area contributed by atoms with E-state index in [9.17, 15) is 0 Å². The van der Waals surface area contributed by atoms with Crippen molar-refractivity contribution in [2.45, 2.75) is 6.54 Å². The molecule has 0 bridgehead atoms. The Morgan fingerprint density at radius 3 is 2.80 bits per heavy atom. The van der Waals surface area contributed by atoms with Gasteiger partial charge in [0.05, 0.1) is 22.3 Å². The molecule has 0 amide bonds. The molecule has 0 saturated heterocycles. The maximum absolute atomic E-state index is 6.07. The van der Waals surface area contributed by atoms with Crippen molar-refractivity contribution in [3.05, 3.63) is 40.0 Å². The molecule has 6 heteroatoms. The Morgan fingerprint density at radius 1 is 1.30 bits per heavy atom. The lowest BCUT2D eigenvalue weighted by atomic mass is 10.1. The number of halogens is 2. The van der Waals surface area contributed by atoms with Crippen LogP contribution in [-0.2, 0) is 18.3 Å². The minimum atomic E-state index is 0.535. The van der Waals surface area contributed by atoms with E-state index in [1.165, 1.54) is 0 Å². The quantitative estimate of drug-likeness (QED) is 0.833. The molecule has 2 rings (SSSR count). The number of rotatable bonds is 6. The van der Waals surface area contributed by atoms with E-state index in [-0.39, 0.29) is 0 Å². The van der Waals surface area contributed by atoms with E-state index in [1.807, 2.05) is 25.4 Å². The molecule has 1 aromatic heterocycles. The summed E-state index contributed by atoms with van der Waals surface area (Å²) < 4.78 is 6.81. The summed E-state index contributed by atoms with van der Waals surface area (Å²) in [5, 5.41) is 8.89. The van der Waals surface area contributed by atoms with Gasteiger partial charge in [-0.2, -0.15) is 5.10 Å². The van der Waals surface area contributed by atoms with Gasteiger partial charge in [0.1, 0.15) is 0 Å². The van der Waals surface area contributed by atoms with Gasteiger partial charge >= 0.3 is 0 Å². The summed E-state index contributed by atoms with van der Waals surface area (Å²) in [4.78, 5) is 0. The Labute approximate surface area is 128 Å². The molecule has 0 unspecified atom stereocenters. The normalized spacial score (nSPS) is 11.0. The summed E-state index contributed by atoms with van der Waals surface area (Å²) in [6, 6.07) is 5.55. The molecule has 1 aromatic carbocycles. The van der Waals surface area contributed by atoms with Crippen LogP contribution in [0.2, 0.25) is 10.0 Å². The summed E-state index contributed by atoms with van der Waals surface area (Å²) >= 11 is 12.0. The van der Waals surface area contributed by atoms with Crippen LogP contribution in [0.25, 0.3) is 11.3 Å². The van der Waals surface area contributed by atoms with Gasteiger partial charge in [0.15, 0.2) is 0 Å². The molecule has 0 aliphatic carbocycles. The summed E-state index contributed by atoms with van der Waals surface area (Å²) in [6.07, 6.45) is 2.00. The third kappa shape index (κ3) is 3.73. The maximum Gasteiger partial charge on any atom is 0.0968 e. The van der Waals surface area contributed by atoms with E-state index in [0.717, 1.165) is 29.9 Å². The highest BCUT2D eigenvalue weighted by Crippen LogP contribution is 2.29. The Hall–Kier alpha value is -1.07. The fourth-order valence-electron chi connectivity index (χ4n) is 1.95. The fourth-order valence-corrected chi connectivity index (χ4v) is 2.25. The van der Waals surface area contributed by atoms with Gasteiger partial charge in [-0.05, 0) is 12.1 Å². The average Bonchev–Trinajstić information content (AvgIpc) is 2.79. The zero-order valence-electron chi connectivity index (χ0n) is 11.5. The van der Waals surface area contributed by atoms with Crippen LogP contribution in [0, 0.1) is 0 Å². The molecule has 0 saturated carbocycles. The van der Waals surface area contributed by atoms with Gasteiger partial charge in [0, 0.05) is 44.6 Å². The molecule has 1 heterocycles. The second-order valence-corrected chi connectivity index (χ2v) is 5.29. The van der Waals surface area contributed by atoms with Crippen molar-refractivity contribution in [2.24, 2.45) is 7.05 Å². The predicted octanol–water partition coefficient (Wildman–Crippen LogP) is 3.13. The number of hydrogen-bond donors (Lipinski definition) is 1. The molecule has 108 valence electrons. The number of benzene rings is 1. The van der Waals surface area contributed by atoms with Crippen LogP contribution in [0.15, 0.2) is 24.4 Å². The first-order valence-corrected chi connectivity index (χ1v) is 7.05. The first kappa shape index (κ1) is 15.3. The highest BCUT2D eigenvalue weighted by atomic mass is 35.5. The summed E-state index contributed by atoms with van der Waals surface area (Å²) in [5.74, 6) is 0. The molecule has 0 fully saturated rings. The first-order chi connectivity index (χ1) is 9.61. The van der Waals surface area contributed by atoms with Gasteiger partial charge in [-0.15, -0.1) is 0 Å². The number of hydrogen-bond acceptors (Lipinski definition) is 3. The molecular weight excluding hydrogens is 297 g/mol. The van der Waals surface area contributed by atoms with Gasteiger partial charge in [-0.3, -0.25) is 4.68 Å². The second-order valence-electron chi connectivity index (χ2n) is 4.48. The molecule has 0 radical (unpaired) electrons. The minimum Gasteiger partial charge on any atom is -0.383 e. The standard InChI is InChI=1S/C14H17Cl2N3O/c1-19-9-11(8-17-5-6-20-2)14(18-19)10-3-4-12(15)13(16)7-10/h3-4,7,9,17H,5-6,8H2,1-2H3.